The number of hydrogen-bond acceptors (Lipinski definition) is 3. The van der Waals surface area contributed by atoms with Gasteiger partial charge in [-0.2, -0.15) is 0 Å². The maximum absolute atomic E-state index is 11.9. The number of carbonyl (C=O) groups excluding carboxylic acids is 1. The number of aryl methyl sites for hydroxylation is 3. The van der Waals surface area contributed by atoms with Gasteiger partial charge < -0.3 is 15.9 Å². The highest BCUT2D eigenvalue weighted by Gasteiger charge is 2.09. The highest BCUT2D eigenvalue weighted by molar-refractivity contribution is 5.93. The minimum absolute atomic E-state index is 0.147. The minimum atomic E-state index is -0.244. The number of hydrogen-bond donors (Lipinski definition) is 2. The lowest BCUT2D eigenvalue weighted by atomic mass is 10.1. The highest BCUT2D eigenvalue weighted by atomic mass is 16.6. The maximum atomic E-state index is 11.9. The Morgan fingerprint density at radius 2 is 1.86 bits per heavy atom. The van der Waals surface area contributed by atoms with Crippen molar-refractivity contribution >= 4 is 17.4 Å². The number of nitrogens with one attached hydrogen (secondary N) is 1. The molecule has 0 bridgehead atoms. The van der Waals surface area contributed by atoms with Crippen molar-refractivity contribution in [3.63, 3.8) is 0 Å². The molecule has 21 heavy (non-hydrogen) atoms. The second kappa shape index (κ2) is 7.67. The molecular weight excluding hydrogens is 266 g/mol. The van der Waals surface area contributed by atoms with Crippen LogP contribution in [0.4, 0.5) is 5.69 Å². The topological polar surface area (TPSA) is 76.7 Å². The Kier molecular flexibility index (Phi) is 6.21. The van der Waals surface area contributed by atoms with Gasteiger partial charge in [0.25, 0.3) is 5.91 Å². The van der Waals surface area contributed by atoms with Crippen molar-refractivity contribution in [1.82, 2.24) is 0 Å². The van der Waals surface area contributed by atoms with Gasteiger partial charge in [0.05, 0.1) is 0 Å². The molecule has 0 radical (unpaired) electrons. The zero-order chi connectivity index (χ0) is 16.0. The van der Waals surface area contributed by atoms with Crippen molar-refractivity contribution in [2.24, 2.45) is 16.8 Å². The Labute approximate surface area is 126 Å². The number of amides is 1. The van der Waals surface area contributed by atoms with Crippen LogP contribution in [0.25, 0.3) is 0 Å². The second-order valence-electron chi connectivity index (χ2n) is 5.78. The molecule has 0 aromatic heterocycles. The fourth-order valence-corrected chi connectivity index (χ4v) is 2.18. The molecule has 1 amide bonds. The molecule has 0 fully saturated rings. The lowest BCUT2D eigenvalue weighted by Gasteiger charge is -2.12. The molecule has 0 aliphatic carbocycles. The number of benzene rings is 1. The zero-order valence-electron chi connectivity index (χ0n) is 13.5. The van der Waals surface area contributed by atoms with Gasteiger partial charge in [-0.15, -0.1) is 0 Å². The third kappa shape index (κ3) is 5.85. The normalized spacial score (nSPS) is 11.6. The standard InChI is InChI=1S/C16H25N3O2/c1-10(2)6-14(17)19-21-9-15(20)18-16-12(4)7-11(3)8-13(16)5/h7-8,10H,6,9H2,1-5H3,(H2,17,19)(H,18,20). The summed E-state index contributed by atoms with van der Waals surface area (Å²) in [6, 6.07) is 4.06. The van der Waals surface area contributed by atoms with E-state index in [1.54, 1.807) is 0 Å². The largest absolute Gasteiger partial charge is 0.384 e. The van der Waals surface area contributed by atoms with Gasteiger partial charge in [0.2, 0.25) is 0 Å². The van der Waals surface area contributed by atoms with E-state index in [0.29, 0.717) is 18.2 Å². The lowest BCUT2D eigenvalue weighted by molar-refractivity contribution is -0.120. The molecule has 116 valence electrons. The van der Waals surface area contributed by atoms with E-state index in [2.05, 4.69) is 10.5 Å². The van der Waals surface area contributed by atoms with Crippen LogP contribution in [0.15, 0.2) is 17.3 Å². The van der Waals surface area contributed by atoms with Crippen LogP contribution in [0.1, 0.15) is 37.0 Å². The van der Waals surface area contributed by atoms with Crippen molar-refractivity contribution in [2.45, 2.75) is 41.0 Å². The van der Waals surface area contributed by atoms with Crippen LogP contribution >= 0.6 is 0 Å². The Morgan fingerprint density at radius 1 is 1.29 bits per heavy atom. The molecule has 0 saturated heterocycles. The number of carbonyl (C=O) groups is 1. The van der Waals surface area contributed by atoms with Crippen LogP contribution in [0, 0.1) is 26.7 Å². The number of amidine groups is 1. The summed E-state index contributed by atoms with van der Waals surface area (Å²) in [6.45, 7) is 9.90. The Hall–Kier alpha value is -2.04. The Balaban J connectivity index is 2.55. The van der Waals surface area contributed by atoms with Gasteiger partial charge >= 0.3 is 0 Å². The van der Waals surface area contributed by atoms with Crippen LogP contribution < -0.4 is 11.1 Å². The first-order valence-corrected chi connectivity index (χ1v) is 7.11. The molecule has 0 unspecified atom stereocenters. The average Bonchev–Trinajstić information content (AvgIpc) is 2.32. The smallest absolute Gasteiger partial charge is 0.265 e. The van der Waals surface area contributed by atoms with Gasteiger partial charge in [0, 0.05) is 12.1 Å². The number of anilines is 1. The van der Waals surface area contributed by atoms with Crippen LogP contribution in [-0.2, 0) is 9.63 Å². The number of nitrogens with two attached hydrogens (primary N) is 1. The van der Waals surface area contributed by atoms with Crippen molar-refractivity contribution < 1.29 is 9.63 Å². The predicted molar refractivity (Wildman–Crippen MR) is 86.3 cm³/mol. The molecule has 0 aliphatic heterocycles. The van der Waals surface area contributed by atoms with E-state index in [0.717, 1.165) is 16.8 Å². The summed E-state index contributed by atoms with van der Waals surface area (Å²) in [4.78, 5) is 16.8. The summed E-state index contributed by atoms with van der Waals surface area (Å²) >= 11 is 0. The van der Waals surface area contributed by atoms with Crippen molar-refractivity contribution in [2.75, 3.05) is 11.9 Å². The third-order valence-corrected chi connectivity index (χ3v) is 2.94. The first-order chi connectivity index (χ1) is 9.79. The summed E-state index contributed by atoms with van der Waals surface area (Å²) in [5.74, 6) is 0.565. The van der Waals surface area contributed by atoms with Gasteiger partial charge in [-0.1, -0.05) is 36.7 Å². The summed E-state index contributed by atoms with van der Waals surface area (Å²) in [7, 11) is 0. The second-order valence-corrected chi connectivity index (χ2v) is 5.78. The van der Waals surface area contributed by atoms with E-state index in [4.69, 9.17) is 10.6 Å². The molecule has 0 atom stereocenters. The molecule has 1 aromatic carbocycles. The Bertz CT molecular complexity index is 513. The van der Waals surface area contributed by atoms with Gasteiger partial charge in [0.15, 0.2) is 6.61 Å². The molecule has 0 aliphatic rings. The minimum Gasteiger partial charge on any atom is -0.384 e. The van der Waals surface area contributed by atoms with Crippen molar-refractivity contribution in [1.29, 1.82) is 0 Å². The molecule has 1 rings (SSSR count). The first-order valence-electron chi connectivity index (χ1n) is 7.11. The maximum Gasteiger partial charge on any atom is 0.265 e. The van der Waals surface area contributed by atoms with Crippen LogP contribution in [0.2, 0.25) is 0 Å². The van der Waals surface area contributed by atoms with Gasteiger partial charge in [0.1, 0.15) is 5.84 Å². The summed E-state index contributed by atoms with van der Waals surface area (Å²) in [6.07, 6.45) is 0.651. The molecule has 5 nitrogen and oxygen atoms in total. The predicted octanol–water partition coefficient (Wildman–Crippen LogP) is 2.89. The number of rotatable bonds is 6. The molecule has 0 heterocycles. The zero-order valence-corrected chi connectivity index (χ0v) is 13.5. The van der Waals surface area contributed by atoms with Crippen molar-refractivity contribution in [3.8, 4) is 0 Å². The van der Waals surface area contributed by atoms with Gasteiger partial charge in [-0.25, -0.2) is 0 Å². The molecule has 0 saturated carbocycles. The van der Waals surface area contributed by atoms with Crippen LogP contribution in [-0.4, -0.2) is 18.3 Å². The first kappa shape index (κ1) is 17.0. The van der Waals surface area contributed by atoms with E-state index in [1.165, 1.54) is 5.56 Å². The molecule has 3 N–H and O–H groups in total. The summed E-state index contributed by atoms with van der Waals surface area (Å²) in [5, 5.41) is 6.58. The number of oxime groups is 1. The monoisotopic (exact) mass is 291 g/mol. The van der Waals surface area contributed by atoms with E-state index < -0.39 is 0 Å². The molecule has 5 heteroatoms. The van der Waals surface area contributed by atoms with E-state index >= 15 is 0 Å². The van der Waals surface area contributed by atoms with Crippen LogP contribution in [0.5, 0.6) is 0 Å². The average molecular weight is 291 g/mol. The van der Waals surface area contributed by atoms with Gasteiger partial charge in [-0.3, -0.25) is 4.79 Å². The Morgan fingerprint density at radius 3 is 2.38 bits per heavy atom. The summed E-state index contributed by atoms with van der Waals surface area (Å²) in [5.41, 5.74) is 9.73. The number of nitrogens with zero attached hydrogens (tertiary/aromatic N) is 1. The van der Waals surface area contributed by atoms with E-state index in [-0.39, 0.29) is 12.5 Å². The van der Waals surface area contributed by atoms with Gasteiger partial charge in [-0.05, 0) is 37.8 Å². The van der Waals surface area contributed by atoms with Crippen LogP contribution in [0.3, 0.4) is 0 Å². The lowest BCUT2D eigenvalue weighted by Crippen LogP contribution is -2.20. The van der Waals surface area contributed by atoms with E-state index in [1.807, 2.05) is 46.8 Å². The highest BCUT2D eigenvalue weighted by Crippen LogP contribution is 2.21. The quantitative estimate of drug-likeness (QED) is 0.480. The van der Waals surface area contributed by atoms with E-state index in [9.17, 15) is 4.79 Å². The molecule has 1 aromatic rings. The molecular formula is C16H25N3O2. The fraction of sp³-hybridized carbons (Fsp3) is 0.500. The molecule has 0 spiro atoms. The fourth-order valence-electron chi connectivity index (χ4n) is 2.18. The third-order valence-electron chi connectivity index (χ3n) is 2.94. The van der Waals surface area contributed by atoms with Crippen molar-refractivity contribution in [3.05, 3.63) is 28.8 Å². The SMILES string of the molecule is Cc1cc(C)c(NC(=O)CON=C(N)CC(C)C)c(C)c1. The summed E-state index contributed by atoms with van der Waals surface area (Å²) < 4.78 is 0.